The van der Waals surface area contributed by atoms with Crippen LogP contribution in [-0.4, -0.2) is 31.3 Å². The summed E-state index contributed by atoms with van der Waals surface area (Å²) in [6.07, 6.45) is 0. The van der Waals surface area contributed by atoms with Crippen molar-refractivity contribution in [3.8, 4) is 11.5 Å². The zero-order valence-corrected chi connectivity index (χ0v) is 11.1. The van der Waals surface area contributed by atoms with Crippen LogP contribution >= 0.6 is 12.2 Å². The Balaban J connectivity index is 2.76. The molecule has 0 aliphatic carbocycles. The Morgan fingerprint density at radius 2 is 2.11 bits per heavy atom. The normalized spacial score (nSPS) is 9.67. The molecule has 6 heteroatoms. The largest absolute Gasteiger partial charge is 0.493 e. The number of carbonyl (C=O) groups excluding carboxylic acids is 1. The van der Waals surface area contributed by atoms with Crippen LogP contribution in [0.1, 0.15) is 12.5 Å². The Hall–Kier alpha value is -1.82. The van der Waals surface area contributed by atoms with E-state index in [0.29, 0.717) is 23.7 Å². The van der Waals surface area contributed by atoms with E-state index in [1.54, 1.807) is 25.1 Å². The number of esters is 1. The van der Waals surface area contributed by atoms with E-state index in [9.17, 15) is 4.79 Å². The van der Waals surface area contributed by atoms with E-state index in [1.165, 1.54) is 7.11 Å². The molecule has 0 saturated carbocycles. The minimum atomic E-state index is -0.432. The van der Waals surface area contributed by atoms with Crippen molar-refractivity contribution in [2.75, 3.05) is 20.3 Å². The van der Waals surface area contributed by atoms with E-state index < -0.39 is 5.97 Å². The lowest BCUT2D eigenvalue weighted by atomic mass is 10.2. The van der Waals surface area contributed by atoms with E-state index in [2.05, 4.69) is 0 Å². The van der Waals surface area contributed by atoms with Crippen LogP contribution in [-0.2, 0) is 9.53 Å². The van der Waals surface area contributed by atoms with E-state index >= 15 is 0 Å². The van der Waals surface area contributed by atoms with E-state index in [-0.39, 0.29) is 11.6 Å². The standard InChI is InChI=1S/C12H15NO4S/c1-3-16-11(14)7-17-9-5-4-8(12(13)18)6-10(9)15-2/h4-6H,3,7H2,1-2H3,(H2,13,18). The van der Waals surface area contributed by atoms with E-state index in [0.717, 1.165) is 0 Å². The van der Waals surface area contributed by atoms with Crippen molar-refractivity contribution in [1.29, 1.82) is 0 Å². The molecule has 0 bridgehead atoms. The Morgan fingerprint density at radius 3 is 2.67 bits per heavy atom. The first kappa shape index (κ1) is 14.2. The van der Waals surface area contributed by atoms with Crippen LogP contribution in [0.25, 0.3) is 0 Å². The molecule has 0 saturated heterocycles. The van der Waals surface area contributed by atoms with Gasteiger partial charge in [-0.2, -0.15) is 0 Å². The third kappa shape index (κ3) is 3.89. The molecule has 18 heavy (non-hydrogen) atoms. The van der Waals surface area contributed by atoms with Gasteiger partial charge in [0.15, 0.2) is 18.1 Å². The number of carbonyl (C=O) groups is 1. The zero-order chi connectivity index (χ0) is 13.5. The highest BCUT2D eigenvalue weighted by atomic mass is 32.1. The molecule has 0 radical (unpaired) electrons. The summed E-state index contributed by atoms with van der Waals surface area (Å²) in [5.41, 5.74) is 6.18. The minimum absolute atomic E-state index is 0.170. The molecule has 1 rings (SSSR count). The Morgan fingerprint density at radius 1 is 1.39 bits per heavy atom. The third-order valence-electron chi connectivity index (χ3n) is 2.10. The molecule has 0 unspecified atom stereocenters. The molecule has 0 amide bonds. The number of benzene rings is 1. The fourth-order valence-corrected chi connectivity index (χ4v) is 1.41. The van der Waals surface area contributed by atoms with Gasteiger partial charge in [-0.15, -0.1) is 0 Å². The molecule has 5 nitrogen and oxygen atoms in total. The average molecular weight is 269 g/mol. The SMILES string of the molecule is CCOC(=O)COc1ccc(C(N)=S)cc1OC. The van der Waals surface area contributed by atoms with Crippen molar-refractivity contribution >= 4 is 23.2 Å². The summed E-state index contributed by atoms with van der Waals surface area (Å²) in [7, 11) is 1.50. The molecule has 1 aromatic rings. The summed E-state index contributed by atoms with van der Waals surface area (Å²) < 4.78 is 15.2. The Kier molecular flexibility index (Phi) is 5.38. The summed E-state index contributed by atoms with van der Waals surface area (Å²) in [5, 5.41) is 0. The molecule has 98 valence electrons. The van der Waals surface area contributed by atoms with Crippen molar-refractivity contribution < 1.29 is 19.0 Å². The number of methoxy groups -OCH3 is 1. The van der Waals surface area contributed by atoms with Gasteiger partial charge < -0.3 is 19.9 Å². The zero-order valence-electron chi connectivity index (χ0n) is 10.3. The summed E-state index contributed by atoms with van der Waals surface area (Å²) in [6.45, 7) is 1.88. The molecular formula is C12H15NO4S. The predicted octanol–water partition coefficient (Wildman–Crippen LogP) is 1.27. The average Bonchev–Trinajstić information content (AvgIpc) is 2.36. The Labute approximate surface area is 111 Å². The third-order valence-corrected chi connectivity index (χ3v) is 2.33. The number of hydrogen-bond donors (Lipinski definition) is 1. The quantitative estimate of drug-likeness (QED) is 0.619. The van der Waals surface area contributed by atoms with E-state index in [1.807, 2.05) is 0 Å². The van der Waals surface area contributed by atoms with Crippen LogP contribution in [0.2, 0.25) is 0 Å². The highest BCUT2D eigenvalue weighted by Crippen LogP contribution is 2.27. The number of thiocarbonyl (C=S) groups is 1. The predicted molar refractivity (Wildman–Crippen MR) is 71.0 cm³/mol. The number of rotatable bonds is 6. The smallest absolute Gasteiger partial charge is 0.344 e. The van der Waals surface area contributed by atoms with Crippen LogP contribution in [0.3, 0.4) is 0 Å². The fourth-order valence-electron chi connectivity index (χ4n) is 1.28. The number of hydrogen-bond acceptors (Lipinski definition) is 5. The molecule has 0 aromatic heterocycles. The minimum Gasteiger partial charge on any atom is -0.493 e. The lowest BCUT2D eigenvalue weighted by Gasteiger charge is -2.11. The second-order valence-electron chi connectivity index (χ2n) is 3.32. The molecule has 0 aliphatic heterocycles. The molecular weight excluding hydrogens is 254 g/mol. The van der Waals surface area contributed by atoms with E-state index in [4.69, 9.17) is 32.2 Å². The molecule has 0 aliphatic rings. The van der Waals surface area contributed by atoms with Gasteiger partial charge >= 0.3 is 5.97 Å². The molecule has 0 atom stereocenters. The second kappa shape index (κ2) is 6.80. The van der Waals surface area contributed by atoms with Gasteiger partial charge in [0, 0.05) is 5.56 Å². The first-order valence-corrected chi connectivity index (χ1v) is 5.75. The van der Waals surface area contributed by atoms with Crippen molar-refractivity contribution in [2.45, 2.75) is 6.92 Å². The van der Waals surface area contributed by atoms with Gasteiger partial charge in [0.05, 0.1) is 13.7 Å². The van der Waals surface area contributed by atoms with Crippen LogP contribution < -0.4 is 15.2 Å². The summed E-state index contributed by atoms with van der Waals surface area (Å²) in [6, 6.07) is 5.00. The van der Waals surface area contributed by atoms with Gasteiger partial charge in [0.2, 0.25) is 0 Å². The lowest BCUT2D eigenvalue weighted by molar-refractivity contribution is -0.145. The molecule has 2 N–H and O–H groups in total. The number of nitrogens with two attached hydrogens (primary N) is 1. The van der Waals surface area contributed by atoms with Gasteiger partial charge in [-0.25, -0.2) is 4.79 Å². The maximum Gasteiger partial charge on any atom is 0.344 e. The maximum absolute atomic E-state index is 11.2. The fraction of sp³-hybridized carbons (Fsp3) is 0.333. The summed E-state index contributed by atoms with van der Waals surface area (Å²) in [5.74, 6) is 0.466. The van der Waals surface area contributed by atoms with Crippen LogP contribution in [0.15, 0.2) is 18.2 Å². The first-order valence-electron chi connectivity index (χ1n) is 5.34. The molecule has 0 heterocycles. The maximum atomic E-state index is 11.2. The van der Waals surface area contributed by atoms with Crippen molar-refractivity contribution in [2.24, 2.45) is 5.73 Å². The summed E-state index contributed by atoms with van der Waals surface area (Å²) >= 11 is 4.86. The van der Waals surface area contributed by atoms with Gasteiger partial charge in [0.1, 0.15) is 4.99 Å². The Bertz CT molecular complexity index is 448. The highest BCUT2D eigenvalue weighted by Gasteiger charge is 2.09. The summed E-state index contributed by atoms with van der Waals surface area (Å²) in [4.78, 5) is 11.4. The highest BCUT2D eigenvalue weighted by molar-refractivity contribution is 7.80. The lowest BCUT2D eigenvalue weighted by Crippen LogP contribution is -2.15. The van der Waals surface area contributed by atoms with Gasteiger partial charge in [-0.3, -0.25) is 0 Å². The van der Waals surface area contributed by atoms with Gasteiger partial charge in [0.25, 0.3) is 0 Å². The van der Waals surface area contributed by atoms with Gasteiger partial charge in [-0.1, -0.05) is 12.2 Å². The molecule has 0 fully saturated rings. The van der Waals surface area contributed by atoms with Gasteiger partial charge in [-0.05, 0) is 25.1 Å². The van der Waals surface area contributed by atoms with Crippen molar-refractivity contribution in [3.63, 3.8) is 0 Å². The van der Waals surface area contributed by atoms with Crippen LogP contribution in [0, 0.1) is 0 Å². The molecule has 1 aromatic carbocycles. The number of ether oxygens (including phenoxy) is 3. The van der Waals surface area contributed by atoms with Crippen molar-refractivity contribution in [1.82, 2.24) is 0 Å². The second-order valence-corrected chi connectivity index (χ2v) is 3.76. The van der Waals surface area contributed by atoms with Crippen LogP contribution in [0.5, 0.6) is 11.5 Å². The molecule has 0 spiro atoms. The first-order chi connectivity index (χ1) is 8.58. The monoisotopic (exact) mass is 269 g/mol. The topological polar surface area (TPSA) is 70.8 Å². The van der Waals surface area contributed by atoms with Crippen molar-refractivity contribution in [3.05, 3.63) is 23.8 Å². The van der Waals surface area contributed by atoms with Crippen LogP contribution in [0.4, 0.5) is 0 Å².